The minimum absolute atomic E-state index is 0.483. The van der Waals surface area contributed by atoms with Crippen molar-refractivity contribution in [3.05, 3.63) is 28.2 Å². The smallest absolute Gasteiger partial charge is 0.0638 e. The second-order valence-corrected chi connectivity index (χ2v) is 5.66. The number of hydrogen-bond acceptors (Lipinski definition) is 2. The zero-order chi connectivity index (χ0) is 12.4. The minimum atomic E-state index is 0.483. The molecule has 1 aliphatic rings. The molecule has 0 aromatic heterocycles. The second kappa shape index (κ2) is 5.47. The van der Waals surface area contributed by atoms with Gasteiger partial charge in [0.15, 0.2) is 0 Å². The first-order valence-corrected chi connectivity index (χ1v) is 6.73. The van der Waals surface area contributed by atoms with Gasteiger partial charge in [-0.2, -0.15) is 0 Å². The average Bonchev–Trinajstić information content (AvgIpc) is 2.29. The molecular weight excluding hydrogens is 255 g/mol. The molecule has 2 rings (SSSR count). The zero-order valence-electron chi connectivity index (χ0n) is 10.2. The van der Waals surface area contributed by atoms with Crippen LogP contribution in [0.5, 0.6) is 0 Å². The first-order valence-electron chi connectivity index (χ1n) is 5.98. The van der Waals surface area contributed by atoms with Gasteiger partial charge in [-0.25, -0.2) is 0 Å². The van der Waals surface area contributed by atoms with Crippen LogP contribution in [0.15, 0.2) is 18.2 Å². The van der Waals surface area contributed by atoms with E-state index in [1.165, 1.54) is 0 Å². The van der Waals surface area contributed by atoms with Crippen LogP contribution in [0, 0.1) is 0 Å². The maximum absolute atomic E-state index is 6.15. The number of piperidine rings is 1. The zero-order valence-corrected chi connectivity index (χ0v) is 11.7. The van der Waals surface area contributed by atoms with Gasteiger partial charge in [-0.15, -0.1) is 0 Å². The molecule has 1 aromatic rings. The number of likely N-dealkylation sites (tertiary alicyclic amines) is 1. The van der Waals surface area contributed by atoms with Crippen LogP contribution in [-0.2, 0) is 0 Å². The molecule has 1 aliphatic heterocycles. The van der Waals surface area contributed by atoms with Crippen LogP contribution >= 0.6 is 23.2 Å². The van der Waals surface area contributed by atoms with E-state index in [4.69, 9.17) is 23.2 Å². The Bertz CT molecular complexity index is 395. The van der Waals surface area contributed by atoms with Crippen molar-refractivity contribution in [2.75, 3.05) is 18.9 Å². The molecule has 1 N–H and O–H groups in total. The molecule has 0 saturated carbocycles. The van der Waals surface area contributed by atoms with Gasteiger partial charge in [-0.1, -0.05) is 23.2 Å². The van der Waals surface area contributed by atoms with Gasteiger partial charge < -0.3 is 10.2 Å². The van der Waals surface area contributed by atoms with Gasteiger partial charge in [0.2, 0.25) is 0 Å². The fourth-order valence-corrected chi connectivity index (χ4v) is 2.59. The lowest BCUT2D eigenvalue weighted by molar-refractivity contribution is 0.190. The van der Waals surface area contributed by atoms with E-state index in [0.717, 1.165) is 35.1 Å². The third-order valence-electron chi connectivity index (χ3n) is 3.50. The molecule has 0 spiro atoms. The van der Waals surface area contributed by atoms with E-state index in [-0.39, 0.29) is 0 Å². The largest absolute Gasteiger partial charge is 0.381 e. The van der Waals surface area contributed by atoms with Gasteiger partial charge >= 0.3 is 0 Å². The van der Waals surface area contributed by atoms with Crippen molar-refractivity contribution in [3.63, 3.8) is 0 Å². The van der Waals surface area contributed by atoms with Crippen LogP contribution in [-0.4, -0.2) is 30.6 Å². The number of hydrogen-bond donors (Lipinski definition) is 1. The maximum Gasteiger partial charge on any atom is 0.0638 e. The van der Waals surface area contributed by atoms with E-state index < -0.39 is 0 Å². The summed E-state index contributed by atoms with van der Waals surface area (Å²) < 4.78 is 0. The summed E-state index contributed by atoms with van der Waals surface area (Å²) in [6.07, 6.45) is 2.28. The average molecular weight is 273 g/mol. The molecule has 1 heterocycles. The van der Waals surface area contributed by atoms with Gasteiger partial charge in [0.1, 0.15) is 0 Å². The highest BCUT2D eigenvalue weighted by Gasteiger charge is 2.22. The molecular formula is C13H18Cl2N2. The standard InChI is InChI=1S/C13H18Cl2N2/c1-9-7-11(5-6-17(9)2)16-13-8-10(14)3-4-12(13)15/h3-4,8-9,11,16H,5-7H2,1-2H3. The molecule has 0 aliphatic carbocycles. The molecule has 94 valence electrons. The Balaban J connectivity index is 2.03. The quantitative estimate of drug-likeness (QED) is 0.879. The molecule has 4 heteroatoms. The van der Waals surface area contributed by atoms with E-state index >= 15 is 0 Å². The van der Waals surface area contributed by atoms with Crippen LogP contribution in [0.1, 0.15) is 19.8 Å². The highest BCUT2D eigenvalue weighted by Crippen LogP contribution is 2.28. The Labute approximate surface area is 113 Å². The van der Waals surface area contributed by atoms with Crippen molar-refractivity contribution in [3.8, 4) is 0 Å². The first kappa shape index (κ1) is 13.0. The second-order valence-electron chi connectivity index (χ2n) is 4.82. The third kappa shape index (κ3) is 3.27. The molecule has 2 atom stereocenters. The monoisotopic (exact) mass is 272 g/mol. The third-order valence-corrected chi connectivity index (χ3v) is 4.06. The van der Waals surface area contributed by atoms with Crippen molar-refractivity contribution in [1.29, 1.82) is 0 Å². The number of anilines is 1. The van der Waals surface area contributed by atoms with Crippen molar-refractivity contribution in [1.82, 2.24) is 4.90 Å². The highest BCUT2D eigenvalue weighted by atomic mass is 35.5. The summed E-state index contributed by atoms with van der Waals surface area (Å²) >= 11 is 12.1. The summed E-state index contributed by atoms with van der Waals surface area (Å²) in [5.74, 6) is 0. The predicted molar refractivity (Wildman–Crippen MR) is 75.2 cm³/mol. The molecule has 1 aromatic carbocycles. The highest BCUT2D eigenvalue weighted by molar-refractivity contribution is 6.35. The van der Waals surface area contributed by atoms with Gasteiger partial charge in [0, 0.05) is 23.7 Å². The van der Waals surface area contributed by atoms with Crippen molar-refractivity contribution in [2.45, 2.75) is 31.8 Å². The summed E-state index contributed by atoms with van der Waals surface area (Å²) in [4.78, 5) is 2.39. The van der Waals surface area contributed by atoms with E-state index in [9.17, 15) is 0 Å². The Morgan fingerprint density at radius 1 is 1.35 bits per heavy atom. The van der Waals surface area contributed by atoms with Gasteiger partial charge in [0.05, 0.1) is 10.7 Å². The Morgan fingerprint density at radius 2 is 2.12 bits per heavy atom. The fraction of sp³-hybridized carbons (Fsp3) is 0.538. The van der Waals surface area contributed by atoms with Crippen LogP contribution in [0.3, 0.4) is 0 Å². The first-order chi connectivity index (χ1) is 8.06. The minimum Gasteiger partial charge on any atom is -0.381 e. The number of benzene rings is 1. The lowest BCUT2D eigenvalue weighted by atomic mass is 9.99. The molecule has 0 radical (unpaired) electrons. The van der Waals surface area contributed by atoms with Crippen molar-refractivity contribution in [2.24, 2.45) is 0 Å². The molecule has 1 fully saturated rings. The Kier molecular flexibility index (Phi) is 4.18. The van der Waals surface area contributed by atoms with E-state index in [1.807, 2.05) is 18.2 Å². The summed E-state index contributed by atoms with van der Waals surface area (Å²) in [6.45, 7) is 3.38. The molecule has 1 saturated heterocycles. The Morgan fingerprint density at radius 3 is 2.82 bits per heavy atom. The summed E-state index contributed by atoms with van der Waals surface area (Å²) in [7, 11) is 2.17. The maximum atomic E-state index is 6.15. The predicted octanol–water partition coefficient (Wildman–Crippen LogP) is 3.89. The van der Waals surface area contributed by atoms with E-state index in [2.05, 4.69) is 24.2 Å². The Hall–Kier alpha value is -0.440. The van der Waals surface area contributed by atoms with E-state index in [1.54, 1.807) is 0 Å². The van der Waals surface area contributed by atoms with E-state index in [0.29, 0.717) is 12.1 Å². The number of halogens is 2. The van der Waals surface area contributed by atoms with Gasteiger partial charge in [0.25, 0.3) is 0 Å². The van der Waals surface area contributed by atoms with Crippen molar-refractivity contribution < 1.29 is 0 Å². The summed E-state index contributed by atoms with van der Waals surface area (Å²) in [5.41, 5.74) is 0.945. The lowest BCUT2D eigenvalue weighted by Gasteiger charge is -2.35. The number of nitrogens with zero attached hydrogens (tertiary/aromatic N) is 1. The molecule has 17 heavy (non-hydrogen) atoms. The summed E-state index contributed by atoms with van der Waals surface area (Å²) in [5, 5.41) is 4.96. The molecule has 2 unspecified atom stereocenters. The van der Waals surface area contributed by atoms with Crippen LogP contribution in [0.4, 0.5) is 5.69 Å². The number of nitrogens with one attached hydrogen (secondary N) is 1. The van der Waals surface area contributed by atoms with Crippen LogP contribution in [0.25, 0.3) is 0 Å². The van der Waals surface area contributed by atoms with Crippen LogP contribution < -0.4 is 5.32 Å². The van der Waals surface area contributed by atoms with Gasteiger partial charge in [-0.05, 0) is 45.0 Å². The fourth-order valence-electron chi connectivity index (χ4n) is 2.25. The molecule has 0 bridgehead atoms. The van der Waals surface area contributed by atoms with Crippen LogP contribution in [0.2, 0.25) is 10.0 Å². The van der Waals surface area contributed by atoms with Crippen molar-refractivity contribution >= 4 is 28.9 Å². The molecule has 0 amide bonds. The van der Waals surface area contributed by atoms with Gasteiger partial charge in [-0.3, -0.25) is 0 Å². The summed E-state index contributed by atoms with van der Waals surface area (Å²) in [6, 6.07) is 6.64. The normalized spacial score (nSPS) is 25.9. The SMILES string of the molecule is CC1CC(Nc2cc(Cl)ccc2Cl)CCN1C. The number of rotatable bonds is 2. The lowest BCUT2D eigenvalue weighted by Crippen LogP contribution is -2.42. The molecule has 2 nitrogen and oxygen atoms in total. The topological polar surface area (TPSA) is 15.3 Å².